The van der Waals surface area contributed by atoms with Crippen molar-refractivity contribution in [1.82, 2.24) is 14.9 Å². The smallest absolute Gasteiger partial charge is 0.237 e. The Morgan fingerprint density at radius 1 is 1.27 bits per heavy atom. The molecule has 2 aromatic rings. The van der Waals surface area contributed by atoms with E-state index in [-0.39, 0.29) is 17.1 Å². The number of nitrogen functional groups attached to an aromatic ring is 1. The summed E-state index contributed by atoms with van der Waals surface area (Å²) in [6, 6.07) is 9.51. The summed E-state index contributed by atoms with van der Waals surface area (Å²) < 4.78 is 1.46. The van der Waals surface area contributed by atoms with Crippen molar-refractivity contribution in [2.45, 2.75) is 31.3 Å². The van der Waals surface area contributed by atoms with E-state index in [2.05, 4.69) is 10.2 Å². The summed E-state index contributed by atoms with van der Waals surface area (Å²) in [4.78, 5) is 13.9. The number of hydrogen-bond acceptors (Lipinski definition) is 5. The number of amides is 1. The van der Waals surface area contributed by atoms with Crippen molar-refractivity contribution >= 4 is 23.4 Å². The minimum absolute atomic E-state index is 0.0171. The Balaban J connectivity index is 2.02. The van der Waals surface area contributed by atoms with Crippen molar-refractivity contribution in [3.63, 3.8) is 0 Å². The van der Waals surface area contributed by atoms with E-state index in [9.17, 15) is 4.79 Å². The average Bonchev–Trinajstić information content (AvgIpc) is 2.86. The van der Waals surface area contributed by atoms with Crippen molar-refractivity contribution in [2.24, 2.45) is 0 Å². The van der Waals surface area contributed by atoms with Crippen molar-refractivity contribution in [3.05, 3.63) is 36.2 Å². The molecule has 0 aliphatic rings. The number of thioether (sulfide) groups is 1. The van der Waals surface area contributed by atoms with Gasteiger partial charge in [-0.05, 0) is 12.1 Å². The van der Waals surface area contributed by atoms with Gasteiger partial charge in [-0.2, -0.15) is 0 Å². The standard InChI is InChI=1S/C15H21N5OS/c1-15(2,3)13-17-18-14(20(13)16)22-10-12(21)19(4)11-8-6-5-7-9-11/h5-9H,10,16H2,1-4H3. The van der Waals surface area contributed by atoms with Gasteiger partial charge in [-0.1, -0.05) is 50.7 Å². The van der Waals surface area contributed by atoms with Gasteiger partial charge in [0.25, 0.3) is 0 Å². The van der Waals surface area contributed by atoms with Gasteiger partial charge in [0.2, 0.25) is 11.1 Å². The minimum atomic E-state index is -0.189. The molecular formula is C15H21N5OS. The minimum Gasteiger partial charge on any atom is -0.336 e. The molecule has 22 heavy (non-hydrogen) atoms. The molecule has 0 spiro atoms. The molecule has 0 fully saturated rings. The van der Waals surface area contributed by atoms with E-state index in [0.29, 0.717) is 11.0 Å². The summed E-state index contributed by atoms with van der Waals surface area (Å²) in [6.07, 6.45) is 0. The molecule has 6 nitrogen and oxygen atoms in total. The zero-order chi connectivity index (χ0) is 16.3. The van der Waals surface area contributed by atoms with Gasteiger partial charge in [-0.25, -0.2) is 4.68 Å². The van der Waals surface area contributed by atoms with Crippen LogP contribution in [0.5, 0.6) is 0 Å². The van der Waals surface area contributed by atoms with E-state index in [1.165, 1.54) is 16.4 Å². The van der Waals surface area contributed by atoms with E-state index in [4.69, 9.17) is 5.84 Å². The van der Waals surface area contributed by atoms with Crippen LogP contribution in [0, 0.1) is 0 Å². The van der Waals surface area contributed by atoms with E-state index >= 15 is 0 Å². The van der Waals surface area contributed by atoms with Crippen LogP contribution in [0.2, 0.25) is 0 Å². The summed E-state index contributed by atoms with van der Waals surface area (Å²) in [6.45, 7) is 6.05. The molecule has 0 unspecified atom stereocenters. The number of para-hydroxylation sites is 1. The third-order valence-corrected chi connectivity index (χ3v) is 4.11. The second-order valence-electron chi connectivity index (χ2n) is 6.00. The topological polar surface area (TPSA) is 77.0 Å². The molecule has 0 saturated carbocycles. The maximum Gasteiger partial charge on any atom is 0.237 e. The fraction of sp³-hybridized carbons (Fsp3) is 0.400. The van der Waals surface area contributed by atoms with Gasteiger partial charge in [-0.15, -0.1) is 10.2 Å². The highest BCUT2D eigenvalue weighted by atomic mass is 32.2. The van der Waals surface area contributed by atoms with Crippen LogP contribution in [0.15, 0.2) is 35.5 Å². The third-order valence-electron chi connectivity index (χ3n) is 3.18. The number of benzene rings is 1. The molecule has 0 aliphatic heterocycles. The lowest BCUT2D eigenvalue weighted by molar-refractivity contribution is -0.115. The highest BCUT2D eigenvalue weighted by Crippen LogP contribution is 2.23. The van der Waals surface area contributed by atoms with Crippen molar-refractivity contribution in [3.8, 4) is 0 Å². The van der Waals surface area contributed by atoms with Crippen LogP contribution in [0.3, 0.4) is 0 Å². The molecule has 0 bridgehead atoms. The van der Waals surface area contributed by atoms with Crippen molar-refractivity contribution in [2.75, 3.05) is 23.5 Å². The lowest BCUT2D eigenvalue weighted by Crippen LogP contribution is -2.28. The molecule has 2 rings (SSSR count). The first-order valence-corrected chi connectivity index (χ1v) is 7.94. The van der Waals surface area contributed by atoms with Gasteiger partial charge >= 0.3 is 0 Å². The first-order valence-electron chi connectivity index (χ1n) is 6.96. The van der Waals surface area contributed by atoms with Gasteiger partial charge in [0.05, 0.1) is 5.75 Å². The van der Waals surface area contributed by atoms with Crippen LogP contribution in [0.1, 0.15) is 26.6 Å². The highest BCUT2D eigenvalue weighted by Gasteiger charge is 2.23. The van der Waals surface area contributed by atoms with Crippen molar-refractivity contribution < 1.29 is 4.79 Å². The van der Waals surface area contributed by atoms with E-state index in [0.717, 1.165) is 5.69 Å². The van der Waals surface area contributed by atoms with Gasteiger partial charge in [0.1, 0.15) is 0 Å². The van der Waals surface area contributed by atoms with E-state index in [1.54, 1.807) is 11.9 Å². The molecular weight excluding hydrogens is 298 g/mol. The Hall–Kier alpha value is -2.02. The van der Waals surface area contributed by atoms with Crippen molar-refractivity contribution in [1.29, 1.82) is 0 Å². The Morgan fingerprint density at radius 3 is 2.45 bits per heavy atom. The van der Waals surface area contributed by atoms with Crippen LogP contribution in [0.25, 0.3) is 0 Å². The largest absolute Gasteiger partial charge is 0.336 e. The Morgan fingerprint density at radius 2 is 1.91 bits per heavy atom. The number of anilines is 1. The third kappa shape index (κ3) is 3.59. The summed E-state index contributed by atoms with van der Waals surface area (Å²) in [5.41, 5.74) is 0.670. The molecule has 0 aliphatic carbocycles. The van der Waals surface area contributed by atoms with Gasteiger partial charge in [0, 0.05) is 18.2 Å². The van der Waals surface area contributed by atoms with Crippen LogP contribution in [-0.4, -0.2) is 33.6 Å². The monoisotopic (exact) mass is 319 g/mol. The summed E-state index contributed by atoms with van der Waals surface area (Å²) in [7, 11) is 1.76. The maximum absolute atomic E-state index is 12.2. The zero-order valence-electron chi connectivity index (χ0n) is 13.3. The van der Waals surface area contributed by atoms with Gasteiger partial charge in [-0.3, -0.25) is 4.79 Å². The highest BCUT2D eigenvalue weighted by molar-refractivity contribution is 7.99. The van der Waals surface area contributed by atoms with Gasteiger partial charge < -0.3 is 10.7 Å². The Bertz CT molecular complexity index is 648. The predicted octanol–water partition coefficient (Wildman–Crippen LogP) is 2.04. The fourth-order valence-electron chi connectivity index (χ4n) is 1.91. The van der Waals surface area contributed by atoms with E-state index < -0.39 is 0 Å². The zero-order valence-corrected chi connectivity index (χ0v) is 14.1. The number of carbonyl (C=O) groups excluding carboxylic acids is 1. The lowest BCUT2D eigenvalue weighted by Gasteiger charge is -2.17. The first kappa shape index (κ1) is 16.4. The van der Waals surface area contributed by atoms with Crippen LogP contribution >= 0.6 is 11.8 Å². The predicted molar refractivity (Wildman–Crippen MR) is 89.4 cm³/mol. The first-order chi connectivity index (χ1) is 10.3. The van der Waals surface area contributed by atoms with Crippen LogP contribution in [0.4, 0.5) is 5.69 Å². The van der Waals surface area contributed by atoms with Gasteiger partial charge in [0.15, 0.2) is 5.82 Å². The van der Waals surface area contributed by atoms with Crippen LogP contribution < -0.4 is 10.7 Å². The summed E-state index contributed by atoms with van der Waals surface area (Å²) in [5, 5.41) is 8.72. The number of aromatic nitrogens is 3. The maximum atomic E-state index is 12.2. The summed E-state index contributed by atoms with van der Waals surface area (Å²) >= 11 is 1.29. The molecule has 1 amide bonds. The average molecular weight is 319 g/mol. The number of carbonyl (C=O) groups is 1. The SMILES string of the molecule is CN(C(=O)CSc1nnc(C(C)(C)C)n1N)c1ccccc1. The molecule has 118 valence electrons. The quantitative estimate of drug-likeness (QED) is 0.689. The molecule has 1 aromatic heterocycles. The molecule has 2 N–H and O–H groups in total. The Kier molecular flexibility index (Phi) is 4.75. The number of nitrogens with two attached hydrogens (primary N) is 1. The number of hydrogen-bond donors (Lipinski definition) is 1. The molecule has 1 heterocycles. The van der Waals surface area contributed by atoms with E-state index in [1.807, 2.05) is 51.1 Å². The second-order valence-corrected chi connectivity index (χ2v) is 6.95. The molecule has 0 radical (unpaired) electrons. The van der Waals surface area contributed by atoms with Crippen LogP contribution in [-0.2, 0) is 10.2 Å². The molecule has 0 atom stereocenters. The lowest BCUT2D eigenvalue weighted by atomic mass is 9.96. The molecule has 7 heteroatoms. The number of nitrogens with zero attached hydrogens (tertiary/aromatic N) is 4. The number of rotatable bonds is 4. The fourth-order valence-corrected chi connectivity index (χ4v) is 2.68. The molecule has 0 saturated heterocycles. The summed E-state index contributed by atoms with van der Waals surface area (Å²) in [5.74, 6) is 6.94. The Labute approximate surface area is 134 Å². The molecule has 1 aromatic carbocycles. The normalized spacial score (nSPS) is 11.5. The second kappa shape index (κ2) is 6.39.